The van der Waals surface area contributed by atoms with Crippen LogP contribution in [0.25, 0.3) is 0 Å². The zero-order valence-corrected chi connectivity index (χ0v) is 11.9. The molecule has 0 aromatic heterocycles. The smallest absolute Gasteiger partial charge is 0.0640 e. The van der Waals surface area contributed by atoms with E-state index in [2.05, 4.69) is 40.7 Å². The van der Waals surface area contributed by atoms with Crippen molar-refractivity contribution >= 4 is 27.3 Å². The Labute approximate surface area is 111 Å². The maximum atomic E-state index is 8.69. The van der Waals surface area contributed by atoms with Crippen LogP contribution in [-0.4, -0.2) is 13.1 Å². The molecule has 4 heteroatoms. The second-order valence-corrected chi connectivity index (χ2v) is 5.37. The van der Waals surface area contributed by atoms with E-state index in [0.717, 1.165) is 28.9 Å². The van der Waals surface area contributed by atoms with Gasteiger partial charge in [0.15, 0.2) is 0 Å². The number of halogens is 1. The number of nitrogens with zero attached hydrogens (tertiary/aromatic N) is 2. The van der Waals surface area contributed by atoms with E-state index in [0.29, 0.717) is 12.3 Å². The van der Waals surface area contributed by atoms with E-state index in [1.807, 2.05) is 18.2 Å². The number of hydrogen-bond acceptors (Lipinski definition) is 3. The molecule has 0 saturated heterocycles. The summed E-state index contributed by atoms with van der Waals surface area (Å²) in [7, 11) is 0. The molecule has 0 aliphatic heterocycles. The molecule has 0 amide bonds. The van der Waals surface area contributed by atoms with Gasteiger partial charge in [-0.1, -0.05) is 29.8 Å². The summed E-state index contributed by atoms with van der Waals surface area (Å²) in [5.74, 6) is 0.539. The average Bonchev–Trinajstić information content (AvgIpc) is 2.24. The minimum atomic E-state index is 0.516. The summed E-state index contributed by atoms with van der Waals surface area (Å²) in [5.41, 5.74) is 7.77. The van der Waals surface area contributed by atoms with Gasteiger partial charge < -0.3 is 10.6 Å². The van der Waals surface area contributed by atoms with E-state index in [9.17, 15) is 0 Å². The molecule has 0 radical (unpaired) electrons. The molecule has 0 atom stereocenters. The zero-order valence-electron chi connectivity index (χ0n) is 10.3. The highest BCUT2D eigenvalue weighted by atomic mass is 79.9. The second kappa shape index (κ2) is 6.51. The molecule has 3 nitrogen and oxygen atoms in total. The number of anilines is 2. The normalized spacial score (nSPS) is 10.3. The fourth-order valence-electron chi connectivity index (χ4n) is 1.75. The van der Waals surface area contributed by atoms with Gasteiger partial charge in [-0.2, -0.15) is 5.26 Å². The number of hydrogen-bond donors (Lipinski definition) is 1. The molecule has 0 aliphatic rings. The molecule has 0 spiro atoms. The van der Waals surface area contributed by atoms with Gasteiger partial charge in [-0.05, 0) is 24.1 Å². The molecule has 0 saturated carbocycles. The van der Waals surface area contributed by atoms with Crippen molar-refractivity contribution in [2.45, 2.75) is 20.3 Å². The van der Waals surface area contributed by atoms with Crippen molar-refractivity contribution in [3.8, 4) is 6.07 Å². The number of nitriles is 1. The average molecular weight is 296 g/mol. The van der Waals surface area contributed by atoms with Gasteiger partial charge in [-0.25, -0.2) is 0 Å². The third-order valence-corrected chi connectivity index (χ3v) is 2.90. The summed E-state index contributed by atoms with van der Waals surface area (Å²) in [5, 5.41) is 8.69. The summed E-state index contributed by atoms with van der Waals surface area (Å²) >= 11 is 3.40. The Balaban J connectivity index is 2.91. The summed E-state index contributed by atoms with van der Waals surface area (Å²) in [6.45, 7) is 5.96. The van der Waals surface area contributed by atoms with Crippen molar-refractivity contribution in [2.75, 3.05) is 23.7 Å². The van der Waals surface area contributed by atoms with Crippen molar-refractivity contribution in [3.63, 3.8) is 0 Å². The van der Waals surface area contributed by atoms with Crippen LogP contribution in [0.4, 0.5) is 11.4 Å². The van der Waals surface area contributed by atoms with Crippen molar-refractivity contribution in [1.29, 1.82) is 5.26 Å². The Morgan fingerprint density at radius 1 is 1.47 bits per heavy atom. The number of benzene rings is 1. The van der Waals surface area contributed by atoms with Gasteiger partial charge in [-0.15, -0.1) is 0 Å². The van der Waals surface area contributed by atoms with Gasteiger partial charge in [0.25, 0.3) is 0 Å². The SMILES string of the molecule is CC(C)CN(CCC#N)c1ccc(Br)cc1N. The van der Waals surface area contributed by atoms with Crippen molar-refractivity contribution in [3.05, 3.63) is 22.7 Å². The molecular formula is C13H18BrN3. The Bertz CT molecular complexity index is 410. The van der Waals surface area contributed by atoms with Crippen molar-refractivity contribution in [1.82, 2.24) is 0 Å². The molecule has 0 bridgehead atoms. The summed E-state index contributed by atoms with van der Waals surface area (Å²) in [6.07, 6.45) is 0.516. The monoisotopic (exact) mass is 295 g/mol. The fraction of sp³-hybridized carbons (Fsp3) is 0.462. The van der Waals surface area contributed by atoms with Crippen LogP contribution >= 0.6 is 15.9 Å². The first-order valence-corrected chi connectivity index (χ1v) is 6.50. The maximum absolute atomic E-state index is 8.69. The van der Waals surface area contributed by atoms with E-state index in [-0.39, 0.29) is 0 Å². The molecule has 1 aromatic rings. The highest BCUT2D eigenvalue weighted by Crippen LogP contribution is 2.27. The number of nitrogen functional groups attached to an aromatic ring is 1. The van der Waals surface area contributed by atoms with Crippen molar-refractivity contribution < 1.29 is 0 Å². The Kier molecular flexibility index (Phi) is 5.30. The van der Waals surface area contributed by atoms with E-state index >= 15 is 0 Å². The molecule has 1 rings (SSSR count). The Morgan fingerprint density at radius 2 is 2.18 bits per heavy atom. The molecular weight excluding hydrogens is 278 g/mol. The van der Waals surface area contributed by atoms with Crippen LogP contribution in [-0.2, 0) is 0 Å². The van der Waals surface area contributed by atoms with Gasteiger partial charge >= 0.3 is 0 Å². The fourth-order valence-corrected chi connectivity index (χ4v) is 2.13. The van der Waals surface area contributed by atoms with Gasteiger partial charge in [-0.3, -0.25) is 0 Å². The molecule has 2 N–H and O–H groups in total. The Hall–Kier alpha value is -1.21. The standard InChI is InChI=1S/C13H18BrN3/c1-10(2)9-17(7-3-6-15)13-5-4-11(14)8-12(13)16/h4-5,8,10H,3,7,9,16H2,1-2H3. The summed E-state index contributed by atoms with van der Waals surface area (Å²) in [6, 6.07) is 8.05. The van der Waals surface area contributed by atoms with Crippen LogP contribution in [0.15, 0.2) is 22.7 Å². The van der Waals surface area contributed by atoms with Crippen LogP contribution in [0, 0.1) is 17.2 Å². The third-order valence-electron chi connectivity index (χ3n) is 2.41. The van der Waals surface area contributed by atoms with Crippen LogP contribution < -0.4 is 10.6 Å². The topological polar surface area (TPSA) is 53.0 Å². The quantitative estimate of drug-likeness (QED) is 0.847. The third kappa shape index (κ3) is 4.27. The molecule has 0 fully saturated rings. The zero-order chi connectivity index (χ0) is 12.8. The van der Waals surface area contributed by atoms with E-state index in [1.54, 1.807) is 0 Å². The maximum Gasteiger partial charge on any atom is 0.0640 e. The first kappa shape index (κ1) is 13.9. The van der Waals surface area contributed by atoms with Crippen LogP contribution in [0.3, 0.4) is 0 Å². The predicted molar refractivity (Wildman–Crippen MR) is 75.8 cm³/mol. The Morgan fingerprint density at radius 3 is 2.71 bits per heavy atom. The van der Waals surface area contributed by atoms with E-state index in [4.69, 9.17) is 11.0 Å². The van der Waals surface area contributed by atoms with Crippen LogP contribution in [0.1, 0.15) is 20.3 Å². The van der Waals surface area contributed by atoms with E-state index in [1.165, 1.54) is 0 Å². The largest absolute Gasteiger partial charge is 0.397 e. The van der Waals surface area contributed by atoms with Gasteiger partial charge in [0, 0.05) is 17.6 Å². The molecule has 1 aromatic carbocycles. The molecule has 0 heterocycles. The molecule has 92 valence electrons. The van der Waals surface area contributed by atoms with Crippen LogP contribution in [0.2, 0.25) is 0 Å². The van der Waals surface area contributed by atoms with Gasteiger partial charge in [0.1, 0.15) is 0 Å². The molecule has 17 heavy (non-hydrogen) atoms. The minimum Gasteiger partial charge on any atom is -0.397 e. The lowest BCUT2D eigenvalue weighted by Crippen LogP contribution is -2.29. The molecule has 0 unspecified atom stereocenters. The summed E-state index contributed by atoms with van der Waals surface area (Å²) < 4.78 is 0.975. The second-order valence-electron chi connectivity index (χ2n) is 4.45. The first-order valence-electron chi connectivity index (χ1n) is 5.71. The van der Waals surface area contributed by atoms with Crippen molar-refractivity contribution in [2.24, 2.45) is 5.92 Å². The van der Waals surface area contributed by atoms with Gasteiger partial charge in [0.05, 0.1) is 23.9 Å². The van der Waals surface area contributed by atoms with E-state index < -0.39 is 0 Å². The highest BCUT2D eigenvalue weighted by molar-refractivity contribution is 9.10. The van der Waals surface area contributed by atoms with Crippen LogP contribution in [0.5, 0.6) is 0 Å². The van der Waals surface area contributed by atoms with Gasteiger partial charge in [0.2, 0.25) is 0 Å². The predicted octanol–water partition coefficient (Wildman–Crippen LogP) is 3.41. The lowest BCUT2D eigenvalue weighted by atomic mass is 10.1. The minimum absolute atomic E-state index is 0.516. The highest BCUT2D eigenvalue weighted by Gasteiger charge is 2.11. The lowest BCUT2D eigenvalue weighted by molar-refractivity contribution is 0.612. The number of rotatable bonds is 5. The molecule has 0 aliphatic carbocycles. The first-order chi connectivity index (χ1) is 8.04. The number of nitrogens with two attached hydrogens (primary N) is 1. The lowest BCUT2D eigenvalue weighted by Gasteiger charge is -2.27. The summed E-state index contributed by atoms with van der Waals surface area (Å²) in [4.78, 5) is 2.18.